The van der Waals surface area contributed by atoms with Crippen LogP contribution < -0.4 is 9.64 Å². The van der Waals surface area contributed by atoms with Gasteiger partial charge in [-0.25, -0.2) is 4.98 Å². The number of hydrogen-bond acceptors (Lipinski definition) is 5. The highest BCUT2D eigenvalue weighted by molar-refractivity contribution is 7.14. The highest BCUT2D eigenvalue weighted by Crippen LogP contribution is 2.23. The maximum absolute atomic E-state index is 12.5. The zero-order chi connectivity index (χ0) is 19.4. The van der Waals surface area contributed by atoms with Crippen LogP contribution in [0.1, 0.15) is 29.9 Å². The van der Waals surface area contributed by atoms with Crippen molar-refractivity contribution >= 4 is 45.0 Å². The smallest absolute Gasteiger partial charge is 0.225 e. The van der Waals surface area contributed by atoms with Gasteiger partial charge in [0.15, 0.2) is 10.9 Å². The van der Waals surface area contributed by atoms with Crippen LogP contribution in [0.15, 0.2) is 47.9 Å². The summed E-state index contributed by atoms with van der Waals surface area (Å²) >= 11 is 1.38. The molecule has 0 saturated heterocycles. The number of aromatic nitrogens is 1. The summed E-state index contributed by atoms with van der Waals surface area (Å²) in [7, 11) is 1.63. The number of rotatable bonds is 6. The Labute approximate surface area is 161 Å². The van der Waals surface area contributed by atoms with E-state index < -0.39 is 0 Å². The first-order valence-corrected chi connectivity index (χ1v) is 9.43. The Morgan fingerprint density at radius 3 is 2.63 bits per heavy atom. The second-order valence-electron chi connectivity index (χ2n) is 5.94. The molecular formula is C21H20N2O3S. The minimum atomic E-state index is -0.0961. The molecule has 0 atom stereocenters. The summed E-state index contributed by atoms with van der Waals surface area (Å²) in [6.07, 6.45) is 3.18. The Kier molecular flexibility index (Phi) is 5.66. The number of fused-ring (bicyclic) bond motifs is 1. The number of ketones is 1. The molecule has 138 valence electrons. The van der Waals surface area contributed by atoms with E-state index in [9.17, 15) is 9.59 Å². The largest absolute Gasteiger partial charge is 0.497 e. The van der Waals surface area contributed by atoms with Crippen LogP contribution in [-0.4, -0.2) is 30.3 Å². The van der Waals surface area contributed by atoms with Gasteiger partial charge in [0.25, 0.3) is 0 Å². The summed E-state index contributed by atoms with van der Waals surface area (Å²) in [6.45, 7) is 3.98. The van der Waals surface area contributed by atoms with E-state index in [1.165, 1.54) is 24.3 Å². The number of carbonyl (C=O) groups excluding carboxylic acids is 2. The quantitative estimate of drug-likeness (QED) is 0.464. The summed E-state index contributed by atoms with van der Waals surface area (Å²) in [4.78, 5) is 30.1. The maximum atomic E-state index is 12.5. The number of allylic oxidation sites excluding steroid dienone is 1. The molecule has 1 amide bonds. The minimum absolute atomic E-state index is 0.0498. The van der Waals surface area contributed by atoms with Crippen molar-refractivity contribution in [2.45, 2.75) is 13.8 Å². The zero-order valence-electron chi connectivity index (χ0n) is 15.4. The molecule has 5 nitrogen and oxygen atoms in total. The molecule has 0 bridgehead atoms. The van der Waals surface area contributed by atoms with Crippen molar-refractivity contribution in [2.75, 3.05) is 18.6 Å². The highest BCUT2D eigenvalue weighted by atomic mass is 32.1. The second-order valence-corrected chi connectivity index (χ2v) is 6.78. The van der Waals surface area contributed by atoms with Crippen molar-refractivity contribution in [2.24, 2.45) is 0 Å². The molecule has 0 aliphatic heterocycles. The van der Waals surface area contributed by atoms with Gasteiger partial charge in [0.1, 0.15) is 5.75 Å². The van der Waals surface area contributed by atoms with Gasteiger partial charge in [0, 0.05) is 24.4 Å². The highest BCUT2D eigenvalue weighted by Gasteiger charge is 2.12. The first-order valence-electron chi connectivity index (χ1n) is 8.55. The molecule has 6 heteroatoms. The molecule has 3 aromatic rings. The molecule has 0 saturated carbocycles. The Hall–Kier alpha value is -2.99. The third-order valence-corrected chi connectivity index (χ3v) is 5.06. The Morgan fingerprint density at radius 2 is 1.93 bits per heavy atom. The van der Waals surface area contributed by atoms with Gasteiger partial charge >= 0.3 is 0 Å². The van der Waals surface area contributed by atoms with E-state index in [1.807, 2.05) is 42.6 Å². The number of amides is 1. The van der Waals surface area contributed by atoms with Gasteiger partial charge in [0.05, 0.1) is 12.8 Å². The third kappa shape index (κ3) is 4.23. The average molecular weight is 380 g/mol. The van der Waals surface area contributed by atoms with E-state index in [1.54, 1.807) is 24.2 Å². The van der Waals surface area contributed by atoms with Gasteiger partial charge in [-0.3, -0.25) is 14.5 Å². The molecule has 1 aromatic heterocycles. The SMILES string of the molecule is CCN(C(C)=O)c1nc(/C=C/C(=O)c2ccc3cc(OC)ccc3c2)cs1. The predicted molar refractivity (Wildman–Crippen MR) is 110 cm³/mol. The number of thiazole rings is 1. The van der Waals surface area contributed by atoms with Crippen LogP contribution in [0.25, 0.3) is 16.8 Å². The van der Waals surface area contributed by atoms with Crippen LogP contribution in [0.5, 0.6) is 5.75 Å². The van der Waals surface area contributed by atoms with Crippen LogP contribution in [0, 0.1) is 0 Å². The first kappa shape index (κ1) is 18.8. The Bertz CT molecular complexity index is 1020. The van der Waals surface area contributed by atoms with E-state index >= 15 is 0 Å². The maximum Gasteiger partial charge on any atom is 0.225 e. The van der Waals surface area contributed by atoms with Gasteiger partial charge < -0.3 is 4.74 Å². The van der Waals surface area contributed by atoms with E-state index in [4.69, 9.17) is 4.74 Å². The average Bonchev–Trinajstić information content (AvgIpc) is 3.14. The van der Waals surface area contributed by atoms with Crippen LogP contribution in [0.2, 0.25) is 0 Å². The molecule has 27 heavy (non-hydrogen) atoms. The Balaban J connectivity index is 1.78. The van der Waals surface area contributed by atoms with Crippen LogP contribution in [0.4, 0.5) is 5.13 Å². The molecule has 0 aliphatic carbocycles. The number of hydrogen-bond donors (Lipinski definition) is 0. The van der Waals surface area contributed by atoms with Crippen molar-refractivity contribution in [1.82, 2.24) is 4.98 Å². The van der Waals surface area contributed by atoms with Crippen LogP contribution >= 0.6 is 11.3 Å². The predicted octanol–water partition coefficient (Wildman–Crippen LogP) is 4.57. The van der Waals surface area contributed by atoms with Crippen molar-refractivity contribution in [3.05, 3.63) is 59.1 Å². The topological polar surface area (TPSA) is 59.5 Å². The number of ether oxygens (including phenoxy) is 1. The van der Waals surface area contributed by atoms with Crippen LogP contribution in [0.3, 0.4) is 0 Å². The molecular weight excluding hydrogens is 360 g/mol. The summed E-state index contributed by atoms with van der Waals surface area (Å²) in [5.74, 6) is 0.639. The molecule has 0 unspecified atom stereocenters. The van der Waals surface area contributed by atoms with Crippen molar-refractivity contribution in [3.8, 4) is 5.75 Å². The van der Waals surface area contributed by atoms with Crippen LogP contribution in [-0.2, 0) is 4.79 Å². The normalized spacial score (nSPS) is 11.1. The fraction of sp³-hybridized carbons (Fsp3) is 0.190. The van der Waals surface area contributed by atoms with E-state index in [0.717, 1.165) is 16.5 Å². The van der Waals surface area contributed by atoms with Gasteiger partial charge in [-0.15, -0.1) is 11.3 Å². The van der Waals surface area contributed by atoms with Gasteiger partial charge in [0.2, 0.25) is 5.91 Å². The van der Waals surface area contributed by atoms with Gasteiger partial charge in [-0.2, -0.15) is 0 Å². The minimum Gasteiger partial charge on any atom is -0.497 e. The zero-order valence-corrected chi connectivity index (χ0v) is 16.2. The molecule has 0 aliphatic rings. The molecule has 0 radical (unpaired) electrons. The number of methoxy groups -OCH3 is 1. The van der Waals surface area contributed by atoms with Gasteiger partial charge in [-0.1, -0.05) is 18.2 Å². The fourth-order valence-electron chi connectivity index (χ4n) is 2.73. The lowest BCUT2D eigenvalue weighted by Gasteiger charge is -2.14. The summed E-state index contributed by atoms with van der Waals surface area (Å²) in [6, 6.07) is 11.3. The number of anilines is 1. The van der Waals surface area contributed by atoms with E-state index in [2.05, 4.69) is 4.98 Å². The lowest BCUT2D eigenvalue weighted by molar-refractivity contribution is -0.116. The Morgan fingerprint density at radius 1 is 1.19 bits per heavy atom. The molecule has 1 heterocycles. The summed E-state index contributed by atoms with van der Waals surface area (Å²) in [5, 5.41) is 4.46. The summed E-state index contributed by atoms with van der Waals surface area (Å²) < 4.78 is 5.22. The first-order chi connectivity index (χ1) is 13.0. The van der Waals surface area contributed by atoms with Crippen molar-refractivity contribution in [1.29, 1.82) is 0 Å². The van der Waals surface area contributed by atoms with E-state index in [0.29, 0.717) is 22.9 Å². The summed E-state index contributed by atoms with van der Waals surface area (Å²) in [5.41, 5.74) is 1.27. The molecule has 0 spiro atoms. The molecule has 0 N–H and O–H groups in total. The fourth-order valence-corrected chi connectivity index (χ4v) is 3.63. The second kappa shape index (κ2) is 8.14. The lowest BCUT2D eigenvalue weighted by atomic mass is 10.0. The molecule has 3 rings (SSSR count). The standard InChI is InChI=1S/C21H20N2O3S/c1-4-23(14(2)24)21-22-18(13-27-21)8-10-20(25)17-6-5-16-12-19(26-3)9-7-15(16)11-17/h5-13H,4H2,1-3H3/b10-8+. The van der Waals surface area contributed by atoms with Gasteiger partial charge in [-0.05, 0) is 48.0 Å². The number of carbonyl (C=O) groups is 2. The van der Waals surface area contributed by atoms with Crippen molar-refractivity contribution < 1.29 is 14.3 Å². The van der Waals surface area contributed by atoms with E-state index in [-0.39, 0.29) is 11.7 Å². The molecule has 0 fully saturated rings. The number of benzene rings is 2. The molecule has 2 aromatic carbocycles. The lowest BCUT2D eigenvalue weighted by Crippen LogP contribution is -2.27. The third-order valence-electron chi connectivity index (χ3n) is 4.17. The number of nitrogens with zero attached hydrogens (tertiary/aromatic N) is 2. The monoisotopic (exact) mass is 380 g/mol. The van der Waals surface area contributed by atoms with Crippen molar-refractivity contribution in [3.63, 3.8) is 0 Å².